The lowest BCUT2D eigenvalue weighted by Gasteiger charge is -2.19. The molecular weight excluding hydrogens is 214 g/mol. The molecule has 0 aromatic heterocycles. The van der Waals surface area contributed by atoms with E-state index in [1.165, 1.54) is 12.2 Å². The van der Waals surface area contributed by atoms with Crippen molar-refractivity contribution in [2.45, 2.75) is 13.8 Å². The molecular formula is C10H14NO5+. The molecule has 0 fully saturated rings. The summed E-state index contributed by atoms with van der Waals surface area (Å²) in [6.45, 7) is 3.52. The SMILES string of the molecule is CCOC(=O)C1=CC=C[N+]1(O)C(=O)OCC. The number of nitrogens with zero attached hydrogens (tertiary/aromatic N) is 1. The van der Waals surface area contributed by atoms with Gasteiger partial charge in [0.25, 0.3) is 5.70 Å². The molecule has 0 radical (unpaired) electrons. The predicted octanol–water partition coefficient (Wildman–Crippen LogP) is 1.32. The lowest BCUT2D eigenvalue weighted by Crippen LogP contribution is -2.45. The second-order valence-electron chi connectivity index (χ2n) is 3.00. The van der Waals surface area contributed by atoms with Crippen LogP contribution in [-0.2, 0) is 14.3 Å². The van der Waals surface area contributed by atoms with E-state index >= 15 is 0 Å². The van der Waals surface area contributed by atoms with Crippen LogP contribution in [0.5, 0.6) is 0 Å². The van der Waals surface area contributed by atoms with Crippen LogP contribution in [0.1, 0.15) is 13.8 Å². The monoisotopic (exact) mass is 228 g/mol. The number of carbonyl (C=O) groups is 2. The lowest BCUT2D eigenvalue weighted by molar-refractivity contribution is -0.964. The van der Waals surface area contributed by atoms with Crippen molar-refractivity contribution in [3.8, 4) is 0 Å². The first kappa shape index (κ1) is 12.4. The Balaban J connectivity index is 2.88. The van der Waals surface area contributed by atoms with Gasteiger partial charge < -0.3 is 9.47 Å². The molecule has 0 spiro atoms. The predicted molar refractivity (Wildman–Crippen MR) is 52.9 cm³/mol. The maximum Gasteiger partial charge on any atom is 0.560 e. The summed E-state index contributed by atoms with van der Waals surface area (Å²) in [7, 11) is 0. The van der Waals surface area contributed by atoms with Gasteiger partial charge in [0.2, 0.25) is 0 Å². The first-order valence-corrected chi connectivity index (χ1v) is 4.92. The fourth-order valence-electron chi connectivity index (χ4n) is 1.25. The number of hydrogen-bond acceptors (Lipinski definition) is 5. The van der Waals surface area contributed by atoms with Crippen molar-refractivity contribution < 1.29 is 28.9 Å². The summed E-state index contributed by atoms with van der Waals surface area (Å²) in [5.74, 6) is -0.747. The summed E-state index contributed by atoms with van der Waals surface area (Å²) in [5, 5.41) is 9.95. The van der Waals surface area contributed by atoms with Gasteiger partial charge in [0.05, 0.1) is 13.2 Å². The number of allylic oxidation sites excluding steroid dienone is 2. The summed E-state index contributed by atoms with van der Waals surface area (Å²) in [4.78, 5) is 22.9. The Bertz CT molecular complexity index is 360. The van der Waals surface area contributed by atoms with Gasteiger partial charge in [-0.1, -0.05) is 0 Å². The largest absolute Gasteiger partial charge is 0.560 e. The molecule has 0 aromatic carbocycles. The molecule has 1 unspecified atom stereocenters. The second-order valence-corrected chi connectivity index (χ2v) is 3.00. The highest BCUT2D eigenvalue weighted by Gasteiger charge is 2.48. The summed E-state index contributed by atoms with van der Waals surface area (Å²) in [6, 6.07) is 0. The molecule has 16 heavy (non-hydrogen) atoms. The Labute approximate surface area is 92.9 Å². The quantitative estimate of drug-likeness (QED) is 0.448. The normalized spacial score (nSPS) is 22.8. The van der Waals surface area contributed by atoms with E-state index in [0.29, 0.717) is 0 Å². The molecule has 0 saturated heterocycles. The average molecular weight is 228 g/mol. The second kappa shape index (κ2) is 4.91. The zero-order valence-electron chi connectivity index (χ0n) is 9.17. The van der Waals surface area contributed by atoms with E-state index in [1.54, 1.807) is 13.8 Å². The third-order valence-corrected chi connectivity index (χ3v) is 1.95. The molecule has 1 aliphatic rings. The van der Waals surface area contributed by atoms with Crippen LogP contribution < -0.4 is 0 Å². The van der Waals surface area contributed by atoms with Crippen molar-refractivity contribution in [1.29, 1.82) is 0 Å². The summed E-state index contributed by atoms with van der Waals surface area (Å²) >= 11 is 0. The van der Waals surface area contributed by atoms with Crippen LogP contribution >= 0.6 is 0 Å². The Morgan fingerprint density at radius 2 is 1.94 bits per heavy atom. The van der Waals surface area contributed by atoms with Gasteiger partial charge in [-0.15, -0.1) is 0 Å². The molecule has 1 N–H and O–H groups in total. The van der Waals surface area contributed by atoms with Crippen molar-refractivity contribution >= 4 is 12.1 Å². The molecule has 6 nitrogen and oxygen atoms in total. The molecule has 0 aromatic rings. The first-order valence-electron chi connectivity index (χ1n) is 4.92. The Kier molecular flexibility index (Phi) is 3.81. The highest BCUT2D eigenvalue weighted by molar-refractivity contribution is 5.89. The Hall–Kier alpha value is -1.66. The van der Waals surface area contributed by atoms with E-state index < -0.39 is 16.7 Å². The molecule has 88 valence electrons. The van der Waals surface area contributed by atoms with E-state index in [0.717, 1.165) is 6.20 Å². The van der Waals surface area contributed by atoms with Crippen LogP contribution in [0.15, 0.2) is 24.0 Å². The van der Waals surface area contributed by atoms with Gasteiger partial charge in [0, 0.05) is 12.2 Å². The van der Waals surface area contributed by atoms with Crippen LogP contribution in [0.3, 0.4) is 0 Å². The smallest absolute Gasteiger partial charge is 0.458 e. The van der Waals surface area contributed by atoms with Crippen molar-refractivity contribution in [2.75, 3.05) is 13.2 Å². The van der Waals surface area contributed by atoms with Crippen molar-refractivity contribution in [3.05, 3.63) is 24.0 Å². The minimum atomic E-state index is -1.30. The highest BCUT2D eigenvalue weighted by atomic mass is 16.7. The van der Waals surface area contributed by atoms with Crippen molar-refractivity contribution in [2.24, 2.45) is 0 Å². The van der Waals surface area contributed by atoms with Crippen LogP contribution in [-0.4, -0.2) is 35.1 Å². The summed E-state index contributed by atoms with van der Waals surface area (Å²) < 4.78 is 8.09. The number of esters is 1. The molecule has 0 bridgehead atoms. The van der Waals surface area contributed by atoms with Crippen LogP contribution in [0.2, 0.25) is 0 Å². The number of hydroxylamine groups is 3. The van der Waals surface area contributed by atoms with Gasteiger partial charge in [-0.25, -0.2) is 4.79 Å². The minimum Gasteiger partial charge on any atom is -0.458 e. The van der Waals surface area contributed by atoms with Gasteiger partial charge in [-0.3, -0.25) is 0 Å². The van der Waals surface area contributed by atoms with Gasteiger partial charge in [-0.05, 0) is 18.5 Å². The third-order valence-electron chi connectivity index (χ3n) is 1.95. The molecule has 1 atom stereocenters. The molecule has 0 saturated carbocycles. The van der Waals surface area contributed by atoms with Gasteiger partial charge in [0.15, 0.2) is 0 Å². The topological polar surface area (TPSA) is 72.8 Å². The molecule has 1 rings (SSSR count). The standard InChI is InChI=1S/C10H14NO5/c1-3-15-9(12)8-6-5-7-11(8,14)10(13)16-4-2/h5-7,14H,3-4H2,1-2H3/q+1. The summed E-state index contributed by atoms with van der Waals surface area (Å²) in [6.07, 6.45) is 2.91. The van der Waals surface area contributed by atoms with E-state index in [9.17, 15) is 14.8 Å². The van der Waals surface area contributed by atoms with Gasteiger partial charge >= 0.3 is 12.1 Å². The first-order chi connectivity index (χ1) is 7.56. The number of amides is 1. The minimum absolute atomic E-state index is 0.114. The van der Waals surface area contributed by atoms with Crippen LogP contribution in [0.4, 0.5) is 4.79 Å². The molecule has 0 aliphatic carbocycles. The van der Waals surface area contributed by atoms with E-state index in [-0.39, 0.29) is 18.9 Å². The summed E-state index contributed by atoms with van der Waals surface area (Å²) in [5.41, 5.74) is -0.180. The number of hydrogen-bond donors (Lipinski definition) is 1. The van der Waals surface area contributed by atoms with E-state index in [2.05, 4.69) is 4.74 Å². The molecule has 1 heterocycles. The molecule has 1 amide bonds. The van der Waals surface area contributed by atoms with Crippen molar-refractivity contribution in [3.63, 3.8) is 0 Å². The zero-order valence-corrected chi connectivity index (χ0v) is 9.17. The average Bonchev–Trinajstić information content (AvgIpc) is 2.62. The number of rotatable bonds is 3. The Morgan fingerprint density at radius 1 is 1.31 bits per heavy atom. The number of quaternary nitrogens is 1. The third kappa shape index (κ3) is 2.12. The number of carbonyl (C=O) groups excluding carboxylic acids is 2. The lowest BCUT2D eigenvalue weighted by atomic mass is 10.4. The zero-order chi connectivity index (χ0) is 12.2. The number of ether oxygens (including phenoxy) is 2. The van der Waals surface area contributed by atoms with Gasteiger partial charge in [0.1, 0.15) is 6.20 Å². The van der Waals surface area contributed by atoms with Gasteiger partial charge in [-0.2, -0.15) is 10.0 Å². The maximum absolute atomic E-state index is 11.5. The van der Waals surface area contributed by atoms with Crippen molar-refractivity contribution in [1.82, 2.24) is 0 Å². The fourth-order valence-corrected chi connectivity index (χ4v) is 1.25. The molecule has 1 aliphatic heterocycles. The Morgan fingerprint density at radius 3 is 2.50 bits per heavy atom. The van der Waals surface area contributed by atoms with E-state index in [1.807, 2.05) is 0 Å². The maximum atomic E-state index is 11.5. The van der Waals surface area contributed by atoms with E-state index in [4.69, 9.17) is 4.74 Å². The molecule has 6 heteroatoms. The van der Waals surface area contributed by atoms with Crippen LogP contribution in [0.25, 0.3) is 0 Å². The highest BCUT2D eigenvalue weighted by Crippen LogP contribution is 2.24. The van der Waals surface area contributed by atoms with Crippen LogP contribution in [0, 0.1) is 0 Å². The fraction of sp³-hybridized carbons (Fsp3) is 0.400.